The number of rotatable bonds is 5. The Kier molecular flexibility index (Phi) is 6.10. The molecule has 14 heteroatoms. The number of nitrogens with two attached hydrogens (primary N) is 1. The Morgan fingerprint density at radius 2 is 2.06 bits per heavy atom. The summed E-state index contributed by atoms with van der Waals surface area (Å²) in [5, 5.41) is 2.27. The van der Waals surface area contributed by atoms with Crippen LogP contribution in [0.5, 0.6) is 0 Å². The van der Waals surface area contributed by atoms with Gasteiger partial charge in [0.2, 0.25) is 16.0 Å². The maximum absolute atomic E-state index is 12.8. The standard InChI is InChI=1S/C18H15ClF3N5O3S2/c1-3-17(9-32(29,30)27(4-2)16(23)26-17)14-10(19)8-11(31-14)15(28)25-13-7-5-6-12(24-13)18(20,21)22/h3-8H,1-2,9H2,(H2,23,26)(H,24,25,28)/t17-/m0/s1. The van der Waals surface area contributed by atoms with Gasteiger partial charge >= 0.3 is 6.18 Å². The number of aliphatic imine (C=N–C) groups is 1. The minimum atomic E-state index is -4.68. The van der Waals surface area contributed by atoms with Crippen molar-refractivity contribution in [2.75, 3.05) is 11.1 Å². The second-order valence-corrected chi connectivity index (χ2v) is 9.79. The first kappa shape index (κ1) is 23.8. The molecule has 32 heavy (non-hydrogen) atoms. The minimum absolute atomic E-state index is 0.0101. The molecule has 3 heterocycles. The highest BCUT2D eigenvalue weighted by Crippen LogP contribution is 2.42. The molecule has 0 aliphatic carbocycles. The lowest BCUT2D eigenvalue weighted by molar-refractivity contribution is -0.141. The third kappa shape index (κ3) is 4.36. The highest BCUT2D eigenvalue weighted by atomic mass is 35.5. The molecule has 0 bridgehead atoms. The molecule has 2 aromatic rings. The number of alkyl halides is 3. The highest BCUT2D eigenvalue weighted by molar-refractivity contribution is 7.89. The van der Waals surface area contributed by atoms with Crippen molar-refractivity contribution in [1.29, 1.82) is 0 Å². The van der Waals surface area contributed by atoms with Gasteiger partial charge in [0, 0.05) is 6.20 Å². The van der Waals surface area contributed by atoms with Gasteiger partial charge in [-0.3, -0.25) is 4.79 Å². The topological polar surface area (TPSA) is 118 Å². The van der Waals surface area contributed by atoms with Gasteiger partial charge in [0.15, 0.2) is 0 Å². The molecule has 0 unspecified atom stereocenters. The molecule has 1 aliphatic heterocycles. The second kappa shape index (κ2) is 8.22. The van der Waals surface area contributed by atoms with E-state index in [0.717, 1.165) is 29.7 Å². The fourth-order valence-electron chi connectivity index (χ4n) is 2.91. The summed E-state index contributed by atoms with van der Waals surface area (Å²) in [6.45, 7) is 7.03. The largest absolute Gasteiger partial charge is 0.433 e. The average molecular weight is 506 g/mol. The number of carbonyl (C=O) groups excluding carboxylic acids is 1. The van der Waals surface area contributed by atoms with Crippen LogP contribution in [-0.4, -0.2) is 35.3 Å². The molecule has 170 valence electrons. The van der Waals surface area contributed by atoms with Gasteiger partial charge < -0.3 is 11.1 Å². The Balaban J connectivity index is 1.97. The Bertz CT molecular complexity index is 1240. The number of nitrogens with zero attached hydrogens (tertiary/aromatic N) is 3. The number of anilines is 1. The lowest BCUT2D eigenvalue weighted by Gasteiger charge is -2.34. The smallest absolute Gasteiger partial charge is 0.369 e. The van der Waals surface area contributed by atoms with Crippen LogP contribution in [0.2, 0.25) is 5.02 Å². The molecule has 0 aromatic carbocycles. The maximum Gasteiger partial charge on any atom is 0.433 e. The number of aromatic nitrogens is 1. The molecular weight excluding hydrogens is 491 g/mol. The monoisotopic (exact) mass is 505 g/mol. The number of pyridine rings is 1. The number of hydrogen-bond donors (Lipinski definition) is 2. The molecule has 3 rings (SSSR count). The van der Waals surface area contributed by atoms with E-state index in [1.54, 1.807) is 0 Å². The van der Waals surface area contributed by atoms with Crippen molar-refractivity contribution in [3.63, 3.8) is 0 Å². The summed E-state index contributed by atoms with van der Waals surface area (Å²) in [6.07, 6.45) is -2.44. The van der Waals surface area contributed by atoms with E-state index in [1.165, 1.54) is 18.2 Å². The van der Waals surface area contributed by atoms with Gasteiger partial charge in [0.05, 0.1) is 14.8 Å². The van der Waals surface area contributed by atoms with Gasteiger partial charge in [0.25, 0.3) is 5.91 Å². The summed E-state index contributed by atoms with van der Waals surface area (Å²) in [5.41, 5.74) is 3.04. The van der Waals surface area contributed by atoms with E-state index < -0.39 is 39.1 Å². The highest BCUT2D eigenvalue weighted by Gasteiger charge is 2.44. The van der Waals surface area contributed by atoms with Crippen molar-refractivity contribution < 1.29 is 26.4 Å². The van der Waals surface area contributed by atoms with Gasteiger partial charge in [-0.25, -0.2) is 22.7 Å². The number of carbonyl (C=O) groups is 1. The molecule has 0 fully saturated rings. The molecule has 0 saturated carbocycles. The molecule has 3 N–H and O–H groups in total. The van der Waals surface area contributed by atoms with E-state index in [-0.39, 0.29) is 26.6 Å². The van der Waals surface area contributed by atoms with Crippen molar-refractivity contribution in [3.05, 3.63) is 70.2 Å². The molecule has 1 aliphatic rings. The van der Waals surface area contributed by atoms with Crippen LogP contribution in [0.1, 0.15) is 20.2 Å². The van der Waals surface area contributed by atoms with Crippen LogP contribution in [0.4, 0.5) is 19.0 Å². The molecule has 1 atom stereocenters. The summed E-state index contributed by atoms with van der Waals surface area (Å²) < 4.78 is 64.4. The molecule has 2 aromatic heterocycles. The van der Waals surface area contributed by atoms with Crippen molar-refractivity contribution in [3.8, 4) is 0 Å². The number of guanidine groups is 1. The fraction of sp³-hybridized carbons (Fsp3) is 0.167. The van der Waals surface area contributed by atoms with E-state index in [0.29, 0.717) is 4.31 Å². The summed E-state index contributed by atoms with van der Waals surface area (Å²) >= 11 is 7.07. The predicted molar refractivity (Wildman–Crippen MR) is 116 cm³/mol. The Hall–Kier alpha value is -2.90. The molecule has 0 radical (unpaired) electrons. The van der Waals surface area contributed by atoms with Crippen LogP contribution in [0, 0.1) is 0 Å². The Labute approximate surface area is 190 Å². The molecule has 0 spiro atoms. The molecular formula is C18H15ClF3N5O3S2. The number of nitrogens with one attached hydrogen (secondary N) is 1. The van der Waals surface area contributed by atoms with Crippen LogP contribution in [0.3, 0.4) is 0 Å². The van der Waals surface area contributed by atoms with Gasteiger partial charge in [0.1, 0.15) is 22.8 Å². The average Bonchev–Trinajstić information content (AvgIpc) is 3.09. The lowest BCUT2D eigenvalue weighted by Crippen LogP contribution is -2.49. The van der Waals surface area contributed by atoms with Crippen molar-refractivity contribution in [2.45, 2.75) is 11.7 Å². The quantitative estimate of drug-likeness (QED) is 0.602. The van der Waals surface area contributed by atoms with Gasteiger partial charge in [-0.15, -0.1) is 17.9 Å². The SMILES string of the molecule is C=CN1C(N)=N[C@](C=C)(c2sc(C(=O)Nc3cccc(C(F)(F)F)n3)cc2Cl)CS1(=O)=O. The third-order valence-electron chi connectivity index (χ3n) is 4.33. The van der Waals surface area contributed by atoms with E-state index in [4.69, 9.17) is 17.3 Å². The zero-order chi connectivity index (χ0) is 23.9. The molecule has 0 saturated heterocycles. The van der Waals surface area contributed by atoms with E-state index in [9.17, 15) is 26.4 Å². The van der Waals surface area contributed by atoms with Crippen molar-refractivity contribution >= 4 is 50.6 Å². The lowest BCUT2D eigenvalue weighted by atomic mass is 10.0. The number of sulfonamides is 1. The summed E-state index contributed by atoms with van der Waals surface area (Å²) in [4.78, 5) is 20.3. The zero-order valence-electron chi connectivity index (χ0n) is 16.1. The van der Waals surface area contributed by atoms with Gasteiger partial charge in [-0.2, -0.15) is 13.2 Å². The van der Waals surface area contributed by atoms with E-state index >= 15 is 0 Å². The molecule has 1 amide bonds. The van der Waals surface area contributed by atoms with Crippen LogP contribution in [-0.2, 0) is 21.7 Å². The van der Waals surface area contributed by atoms with Gasteiger partial charge in [-0.1, -0.05) is 30.3 Å². The van der Waals surface area contributed by atoms with Crippen LogP contribution in [0.15, 0.2) is 54.7 Å². The first-order chi connectivity index (χ1) is 14.8. The fourth-order valence-corrected chi connectivity index (χ4v) is 6.11. The van der Waals surface area contributed by atoms with Crippen LogP contribution in [0.25, 0.3) is 0 Å². The van der Waals surface area contributed by atoms with Crippen LogP contribution < -0.4 is 11.1 Å². The normalized spacial score (nSPS) is 20.4. The number of amides is 1. The molecule has 8 nitrogen and oxygen atoms in total. The van der Waals surface area contributed by atoms with E-state index in [2.05, 4.69) is 28.5 Å². The number of halogens is 4. The first-order valence-corrected chi connectivity index (χ1v) is 11.4. The Morgan fingerprint density at radius 1 is 1.38 bits per heavy atom. The summed E-state index contributed by atoms with van der Waals surface area (Å²) in [7, 11) is -3.97. The number of hydrogen-bond acceptors (Lipinski definition) is 7. The van der Waals surface area contributed by atoms with Crippen molar-refractivity contribution in [2.24, 2.45) is 10.7 Å². The van der Waals surface area contributed by atoms with Crippen molar-refractivity contribution in [1.82, 2.24) is 9.29 Å². The zero-order valence-corrected chi connectivity index (χ0v) is 18.4. The van der Waals surface area contributed by atoms with Gasteiger partial charge in [-0.05, 0) is 18.2 Å². The predicted octanol–water partition coefficient (Wildman–Crippen LogP) is 3.55. The van der Waals surface area contributed by atoms with Crippen LogP contribution >= 0.6 is 22.9 Å². The maximum atomic E-state index is 12.8. The summed E-state index contributed by atoms with van der Waals surface area (Å²) in [5.74, 6) is -2.06. The number of thiophene rings is 1. The Morgan fingerprint density at radius 3 is 2.62 bits per heavy atom. The minimum Gasteiger partial charge on any atom is -0.369 e. The summed E-state index contributed by atoms with van der Waals surface area (Å²) in [6, 6.07) is 4.30. The second-order valence-electron chi connectivity index (χ2n) is 6.48. The van der Waals surface area contributed by atoms with E-state index in [1.807, 2.05) is 0 Å². The third-order valence-corrected chi connectivity index (χ3v) is 7.78. The first-order valence-electron chi connectivity index (χ1n) is 8.62.